The van der Waals surface area contributed by atoms with Gasteiger partial charge in [-0.15, -0.1) is 0 Å². The quantitative estimate of drug-likeness (QED) is 0.140. The molecule has 16 rings (SSSR count). The first-order chi connectivity index (χ1) is 37.2. The second-order valence-electron chi connectivity index (χ2n) is 19.9. The van der Waals surface area contributed by atoms with E-state index in [2.05, 4.69) is 257 Å². The summed E-state index contributed by atoms with van der Waals surface area (Å²) >= 11 is 1.86. The predicted octanol–water partition coefficient (Wildman–Crippen LogP) is 17.2. The number of nitrogens with zero attached hydrogens (tertiary/aromatic N) is 4. The fourth-order valence-electron chi connectivity index (χ4n) is 12.7. The van der Waals surface area contributed by atoms with Gasteiger partial charge in [-0.25, -0.2) is 0 Å². The van der Waals surface area contributed by atoms with Gasteiger partial charge in [-0.1, -0.05) is 151 Å². The van der Waals surface area contributed by atoms with Gasteiger partial charge in [0.2, 0.25) is 0 Å². The summed E-state index contributed by atoms with van der Waals surface area (Å²) in [5.74, 6) is 0. The van der Waals surface area contributed by atoms with Gasteiger partial charge in [-0.2, -0.15) is 0 Å². The number of hydrogen-bond acceptors (Lipinski definition) is 7. The molecule has 3 aliphatic heterocycles. The Morgan fingerprint density at radius 1 is 0.467 bits per heavy atom. The zero-order chi connectivity index (χ0) is 49.3. The Kier molecular flexibility index (Phi) is 9.30. The maximum Gasteiger partial charge on any atom is 0.255 e. The molecule has 0 radical (unpaired) electrons. The van der Waals surface area contributed by atoms with Crippen molar-refractivity contribution in [2.45, 2.75) is 29.6 Å². The number of fused-ring (bicyclic) bond motifs is 8. The summed E-state index contributed by atoms with van der Waals surface area (Å²) in [4.78, 5) is 12.3. The van der Waals surface area contributed by atoms with Gasteiger partial charge in [0.1, 0.15) is 22.5 Å². The third kappa shape index (κ3) is 6.11. The molecule has 4 aliphatic rings. The zero-order valence-electron chi connectivity index (χ0n) is 40.9. The van der Waals surface area contributed by atoms with Crippen LogP contribution < -0.4 is 36.0 Å². The largest absolute Gasteiger partial charge is 0.454 e. The Morgan fingerprint density at radius 2 is 0.893 bits per heavy atom. The molecular formula is C67H45BN4O2S. The van der Waals surface area contributed by atoms with Crippen molar-refractivity contribution in [3.8, 4) is 0 Å². The summed E-state index contributed by atoms with van der Waals surface area (Å²) < 4.78 is 15.0. The molecule has 0 saturated carbocycles. The molecule has 75 heavy (non-hydrogen) atoms. The zero-order valence-corrected chi connectivity index (χ0v) is 41.8. The van der Waals surface area contributed by atoms with Crippen LogP contribution in [0.1, 0.15) is 18.4 Å². The number of furan rings is 2. The highest BCUT2D eigenvalue weighted by atomic mass is 32.2. The number of hydrogen-bond donors (Lipinski definition) is 0. The van der Waals surface area contributed by atoms with E-state index in [0.29, 0.717) is 0 Å². The summed E-state index contributed by atoms with van der Waals surface area (Å²) in [5.41, 5.74) is 21.4. The van der Waals surface area contributed by atoms with Crippen LogP contribution in [0.3, 0.4) is 0 Å². The van der Waals surface area contributed by atoms with Gasteiger partial charge in [0.25, 0.3) is 6.71 Å². The van der Waals surface area contributed by atoms with Gasteiger partial charge in [-0.3, -0.25) is 0 Å². The molecule has 0 unspecified atom stereocenters. The van der Waals surface area contributed by atoms with Gasteiger partial charge < -0.3 is 28.4 Å². The van der Waals surface area contributed by atoms with Crippen molar-refractivity contribution in [1.82, 2.24) is 0 Å². The summed E-state index contributed by atoms with van der Waals surface area (Å²) in [6.45, 7) is 2.03. The van der Waals surface area contributed by atoms with Crippen LogP contribution in [-0.2, 0) is 0 Å². The molecule has 0 fully saturated rings. The van der Waals surface area contributed by atoms with E-state index in [1.165, 1.54) is 39.0 Å². The van der Waals surface area contributed by atoms with Crippen molar-refractivity contribution in [3.63, 3.8) is 0 Å². The third-order valence-corrected chi connectivity index (χ3v) is 16.8. The minimum atomic E-state index is -0.230. The van der Waals surface area contributed by atoms with E-state index in [0.717, 1.165) is 118 Å². The van der Waals surface area contributed by atoms with Crippen molar-refractivity contribution < 1.29 is 8.83 Å². The summed E-state index contributed by atoms with van der Waals surface area (Å²) in [6.07, 6.45) is 9.08. The smallest absolute Gasteiger partial charge is 0.255 e. The molecule has 354 valence electrons. The maximum absolute atomic E-state index is 7.49. The first-order valence-corrected chi connectivity index (χ1v) is 26.7. The van der Waals surface area contributed by atoms with Gasteiger partial charge in [-0.05, 0) is 133 Å². The van der Waals surface area contributed by atoms with E-state index in [4.69, 9.17) is 8.83 Å². The lowest BCUT2D eigenvalue weighted by Crippen LogP contribution is -2.64. The lowest BCUT2D eigenvalue weighted by Gasteiger charge is -2.49. The van der Waals surface area contributed by atoms with E-state index in [9.17, 15) is 0 Å². The Labute approximate surface area is 438 Å². The fraction of sp³-hybridized carbons (Fsp3) is 0.0448. The molecule has 6 nitrogen and oxygen atoms in total. The first kappa shape index (κ1) is 42.4. The normalized spacial score (nSPS) is 14.0. The van der Waals surface area contributed by atoms with Crippen LogP contribution in [0.15, 0.2) is 255 Å². The molecular weight excluding hydrogens is 936 g/mol. The van der Waals surface area contributed by atoms with Crippen LogP contribution in [-0.4, -0.2) is 6.71 Å². The molecule has 0 amide bonds. The van der Waals surface area contributed by atoms with Crippen molar-refractivity contribution in [2.75, 3.05) is 19.6 Å². The second-order valence-corrected chi connectivity index (χ2v) is 20.9. The molecule has 0 bridgehead atoms. The molecule has 0 spiro atoms. The monoisotopic (exact) mass is 980 g/mol. The topological polar surface area (TPSA) is 39.2 Å². The first-order valence-electron chi connectivity index (χ1n) is 25.9. The lowest BCUT2D eigenvalue weighted by molar-refractivity contribution is 0.668. The summed E-state index contributed by atoms with van der Waals surface area (Å²) in [7, 11) is 0. The van der Waals surface area contributed by atoms with Gasteiger partial charge in [0, 0.05) is 66.1 Å². The van der Waals surface area contributed by atoms with E-state index in [-0.39, 0.29) is 6.71 Å². The molecule has 0 saturated heterocycles. The van der Waals surface area contributed by atoms with Crippen LogP contribution in [0.5, 0.6) is 0 Å². The van der Waals surface area contributed by atoms with E-state index < -0.39 is 0 Å². The van der Waals surface area contributed by atoms with Crippen molar-refractivity contribution >= 4 is 141 Å². The van der Waals surface area contributed by atoms with Gasteiger partial charge >= 0.3 is 0 Å². The van der Waals surface area contributed by atoms with E-state index >= 15 is 0 Å². The number of para-hydroxylation sites is 7. The summed E-state index contributed by atoms with van der Waals surface area (Å²) in [5, 5.41) is 4.35. The Balaban J connectivity index is 1.17. The summed E-state index contributed by atoms with van der Waals surface area (Å²) in [6, 6.07) is 76.4. The highest BCUT2D eigenvalue weighted by Crippen LogP contribution is 2.61. The number of rotatable bonds is 8. The minimum absolute atomic E-state index is 0.230. The SMILES string of the molecule is Cc1cc2c3c(c1)N(c1ccccc1)c1c4c(c(N(c5ccccc5)c5ccccc5)c5oc6ccccc6c15)Sc1c(c(c5c(oc6ccccc65)c1N(c1ccccc1)c1ccccc1)N2C1=CCCC=C1)B34. The van der Waals surface area contributed by atoms with Crippen molar-refractivity contribution in [1.29, 1.82) is 0 Å². The van der Waals surface area contributed by atoms with E-state index in [1.807, 2.05) is 11.8 Å². The van der Waals surface area contributed by atoms with E-state index in [1.54, 1.807) is 0 Å². The second kappa shape index (κ2) is 16.5. The minimum Gasteiger partial charge on any atom is -0.454 e. The number of anilines is 11. The average molecular weight is 981 g/mol. The molecule has 10 aromatic carbocycles. The standard InChI is InChI=1S/C67H45BN4O2S/c1-42-40-51-57-52(41-42)72(48-34-18-7-19-35-48)61-56-50-37-21-23-39-54(50)74-65(56)63(70(45-28-12-4-13-29-45)46-30-14-5-15-31-46)67-59(61)68(57)58-60(71(51)47-32-16-6-17-33-47)55-49-36-20-22-38-53(49)73-64(55)62(66(58)75-67)69(43-24-8-2-9-25-43)44-26-10-3-11-27-44/h2-6,8-18,20-41H,7,19H2,1H3. The number of aryl methyl sites for hydroxylation is 1. The highest BCUT2D eigenvalue weighted by molar-refractivity contribution is 8.00. The Bertz CT molecular complexity index is 4290. The van der Waals surface area contributed by atoms with Crippen LogP contribution in [0.4, 0.5) is 62.6 Å². The Hall–Kier alpha value is -9.11. The molecule has 2 aromatic heterocycles. The molecule has 5 heterocycles. The molecule has 0 atom stereocenters. The van der Waals surface area contributed by atoms with Gasteiger partial charge in [0.15, 0.2) is 11.2 Å². The number of benzene rings is 10. The molecule has 12 aromatic rings. The molecule has 8 heteroatoms. The van der Waals surface area contributed by atoms with Gasteiger partial charge in [0.05, 0.1) is 22.1 Å². The van der Waals surface area contributed by atoms with Crippen LogP contribution >= 0.6 is 11.8 Å². The fourth-order valence-corrected chi connectivity index (χ4v) is 14.1. The third-order valence-electron chi connectivity index (χ3n) is 15.6. The molecule has 0 N–H and O–H groups in total. The Morgan fingerprint density at radius 3 is 1.36 bits per heavy atom. The number of allylic oxidation sites excluding steroid dienone is 3. The average Bonchev–Trinajstić information content (AvgIpc) is 4.26. The maximum atomic E-state index is 7.49. The van der Waals surface area contributed by atoms with Crippen LogP contribution in [0, 0.1) is 6.92 Å². The van der Waals surface area contributed by atoms with Crippen LogP contribution in [0.25, 0.3) is 43.9 Å². The van der Waals surface area contributed by atoms with Crippen molar-refractivity contribution in [2.24, 2.45) is 0 Å². The lowest BCUT2D eigenvalue weighted by atomic mass is 9.32. The van der Waals surface area contributed by atoms with Crippen LogP contribution in [0.2, 0.25) is 0 Å². The predicted molar refractivity (Wildman–Crippen MR) is 314 cm³/mol. The highest BCUT2D eigenvalue weighted by Gasteiger charge is 2.53. The van der Waals surface area contributed by atoms with Crippen molar-refractivity contribution in [3.05, 3.63) is 242 Å². The molecule has 1 aliphatic carbocycles.